The van der Waals surface area contributed by atoms with E-state index < -0.39 is 46.1 Å². The van der Waals surface area contributed by atoms with Gasteiger partial charge in [-0.1, -0.05) is 0 Å². The van der Waals surface area contributed by atoms with Gasteiger partial charge < -0.3 is 10.2 Å². The first kappa shape index (κ1) is 19.1. The van der Waals surface area contributed by atoms with Crippen molar-refractivity contribution in [2.75, 3.05) is 6.54 Å². The Kier molecular flexibility index (Phi) is 4.84. The molecule has 0 spiro atoms. The molecule has 2 saturated heterocycles. The number of carbonyl (C=O) groups excluding carboxylic acids is 2. The average molecular weight is 404 g/mol. The first-order valence-electron chi connectivity index (χ1n) is 7.68. The smallest absolute Gasteiger partial charge is 0.310 e. The number of nitrogens with one attached hydrogen (secondary N) is 2. The third kappa shape index (κ3) is 3.89. The molecule has 0 saturated carbocycles. The molecule has 3 amide bonds. The molecule has 146 valence electrons. The minimum atomic E-state index is -4.89. The fraction of sp³-hybridized carbons (Fsp3) is 0.357. The van der Waals surface area contributed by atoms with E-state index >= 15 is 0 Å². The molecule has 10 nitrogen and oxygen atoms in total. The van der Waals surface area contributed by atoms with Gasteiger partial charge in [-0.15, -0.1) is 4.28 Å². The van der Waals surface area contributed by atoms with Crippen LogP contribution in [0.2, 0.25) is 0 Å². The van der Waals surface area contributed by atoms with Crippen molar-refractivity contribution >= 4 is 28.2 Å². The second-order valence-corrected chi connectivity index (χ2v) is 7.01. The lowest BCUT2D eigenvalue weighted by Crippen LogP contribution is -2.50. The number of nitrogens with zero attached hydrogens (tertiary/aromatic N) is 2. The fourth-order valence-electron chi connectivity index (χ4n) is 3.05. The lowest BCUT2D eigenvalue weighted by Gasteiger charge is -2.30. The number of hydroxylamine groups is 2. The van der Waals surface area contributed by atoms with Crippen LogP contribution in [0.4, 0.5) is 13.6 Å². The second-order valence-electron chi connectivity index (χ2n) is 6.01. The van der Waals surface area contributed by atoms with Crippen LogP contribution in [0.1, 0.15) is 23.2 Å². The third-order valence-corrected chi connectivity index (χ3v) is 4.61. The summed E-state index contributed by atoms with van der Waals surface area (Å²) in [5, 5.41) is 10.8. The molecule has 13 heteroatoms. The van der Waals surface area contributed by atoms with Gasteiger partial charge in [0.05, 0.1) is 12.1 Å². The molecule has 1 aromatic carbocycles. The molecule has 2 fully saturated rings. The summed E-state index contributed by atoms with van der Waals surface area (Å²) < 4.78 is 60.9. The SMILES string of the molecule is N=C(NC(=O)c1ccc(F)c(F)c1)[C@@H]1CC[C@@H]2CN1C(=O)N2OS(=O)(=O)O. The van der Waals surface area contributed by atoms with Crippen molar-refractivity contribution in [1.82, 2.24) is 15.3 Å². The van der Waals surface area contributed by atoms with Gasteiger partial charge in [0.25, 0.3) is 5.91 Å². The normalized spacial score (nSPS) is 22.1. The average Bonchev–Trinajstić information content (AvgIpc) is 2.80. The van der Waals surface area contributed by atoms with E-state index in [4.69, 9.17) is 9.96 Å². The number of fused-ring (bicyclic) bond motifs is 2. The first-order valence-corrected chi connectivity index (χ1v) is 9.05. The van der Waals surface area contributed by atoms with Crippen LogP contribution in [0, 0.1) is 17.0 Å². The topological polar surface area (TPSA) is 140 Å². The van der Waals surface area contributed by atoms with Crippen LogP contribution in [0.15, 0.2) is 18.2 Å². The van der Waals surface area contributed by atoms with Crippen LogP contribution in [0.25, 0.3) is 0 Å². The lowest BCUT2D eigenvalue weighted by atomic mass is 10.00. The molecule has 1 aromatic rings. The van der Waals surface area contributed by atoms with E-state index in [-0.39, 0.29) is 30.8 Å². The Labute approximate surface area is 152 Å². The number of benzene rings is 1. The number of piperidine rings is 1. The Balaban J connectivity index is 1.70. The first-order chi connectivity index (χ1) is 12.6. The van der Waals surface area contributed by atoms with Crippen molar-refractivity contribution in [3.63, 3.8) is 0 Å². The zero-order valence-corrected chi connectivity index (χ0v) is 14.4. The number of hydrogen-bond acceptors (Lipinski definition) is 6. The number of amides is 3. The molecule has 0 aliphatic carbocycles. The largest absolute Gasteiger partial charge is 0.418 e. The van der Waals surface area contributed by atoms with Crippen molar-refractivity contribution in [3.05, 3.63) is 35.4 Å². The zero-order valence-electron chi connectivity index (χ0n) is 13.6. The number of carbonyl (C=O) groups is 2. The van der Waals surface area contributed by atoms with Crippen molar-refractivity contribution in [2.24, 2.45) is 0 Å². The van der Waals surface area contributed by atoms with E-state index in [9.17, 15) is 26.8 Å². The summed E-state index contributed by atoms with van der Waals surface area (Å²) >= 11 is 0. The molecule has 2 aliphatic heterocycles. The number of hydrogen-bond donors (Lipinski definition) is 3. The molecule has 2 aliphatic rings. The van der Waals surface area contributed by atoms with Gasteiger partial charge in [-0.3, -0.25) is 14.8 Å². The predicted molar refractivity (Wildman–Crippen MR) is 84.9 cm³/mol. The highest BCUT2D eigenvalue weighted by atomic mass is 32.3. The highest BCUT2D eigenvalue weighted by Gasteiger charge is 2.48. The summed E-state index contributed by atoms with van der Waals surface area (Å²) in [4.78, 5) is 25.5. The van der Waals surface area contributed by atoms with Gasteiger partial charge in [0, 0.05) is 12.1 Å². The molecule has 2 bridgehead atoms. The van der Waals surface area contributed by atoms with Gasteiger partial charge in [-0.2, -0.15) is 13.5 Å². The van der Waals surface area contributed by atoms with Crippen LogP contribution in [0.3, 0.4) is 0 Å². The van der Waals surface area contributed by atoms with Crippen LogP contribution in [0.5, 0.6) is 0 Å². The van der Waals surface area contributed by atoms with Crippen LogP contribution in [-0.2, 0) is 14.7 Å². The summed E-state index contributed by atoms with van der Waals surface area (Å²) in [5.74, 6) is -3.58. The summed E-state index contributed by atoms with van der Waals surface area (Å²) in [5.41, 5.74) is -0.212. The Hall–Kier alpha value is -2.64. The maximum atomic E-state index is 13.2. The van der Waals surface area contributed by atoms with Crippen molar-refractivity contribution in [2.45, 2.75) is 24.9 Å². The predicted octanol–water partition coefficient (Wildman–Crippen LogP) is 0.675. The highest BCUT2D eigenvalue weighted by molar-refractivity contribution is 7.80. The van der Waals surface area contributed by atoms with Gasteiger partial charge >= 0.3 is 16.4 Å². The number of urea groups is 1. The summed E-state index contributed by atoms with van der Waals surface area (Å²) in [6.45, 7) is 0.0302. The quantitative estimate of drug-likeness (QED) is 0.383. The number of rotatable bonds is 4. The van der Waals surface area contributed by atoms with Gasteiger partial charge in [0.2, 0.25) is 0 Å². The number of amidine groups is 1. The molecule has 3 N–H and O–H groups in total. The Bertz CT molecular complexity index is 924. The van der Waals surface area contributed by atoms with Crippen LogP contribution in [-0.4, -0.2) is 59.3 Å². The number of halogens is 2. The minimum Gasteiger partial charge on any atom is -0.310 e. The second kappa shape index (κ2) is 6.83. The lowest BCUT2D eigenvalue weighted by molar-refractivity contribution is -0.0316. The van der Waals surface area contributed by atoms with E-state index in [0.717, 1.165) is 17.0 Å². The summed E-state index contributed by atoms with van der Waals surface area (Å²) in [7, 11) is -4.89. The van der Waals surface area contributed by atoms with Crippen molar-refractivity contribution in [1.29, 1.82) is 5.41 Å². The Morgan fingerprint density at radius 1 is 1.30 bits per heavy atom. The summed E-state index contributed by atoms with van der Waals surface area (Å²) in [6.07, 6.45) is 0.477. The standard InChI is InChI=1S/C14H14F2N4O6S/c15-9-3-1-7(5-10(9)16)13(21)18-12(17)11-4-2-8-6-19(11)14(22)20(8)26-27(23,24)25/h1,3,5,8,11H,2,4,6H2,(H2,17,18,21)(H,23,24,25)/t8-,11+/m1/s1. The maximum absolute atomic E-state index is 13.2. The molecular formula is C14H14F2N4O6S. The highest BCUT2D eigenvalue weighted by Crippen LogP contribution is 2.30. The Morgan fingerprint density at radius 2 is 2.00 bits per heavy atom. The van der Waals surface area contributed by atoms with Crippen molar-refractivity contribution < 1.29 is 35.6 Å². The van der Waals surface area contributed by atoms with Gasteiger partial charge in [0.1, 0.15) is 5.84 Å². The van der Waals surface area contributed by atoms with Gasteiger partial charge in [-0.25, -0.2) is 13.6 Å². The molecule has 0 aromatic heterocycles. The van der Waals surface area contributed by atoms with Gasteiger partial charge in [0.15, 0.2) is 11.6 Å². The van der Waals surface area contributed by atoms with Crippen LogP contribution >= 0.6 is 0 Å². The monoisotopic (exact) mass is 404 g/mol. The van der Waals surface area contributed by atoms with E-state index in [2.05, 4.69) is 9.60 Å². The van der Waals surface area contributed by atoms with Crippen molar-refractivity contribution in [3.8, 4) is 0 Å². The molecular weight excluding hydrogens is 390 g/mol. The zero-order chi connectivity index (χ0) is 19.9. The van der Waals surface area contributed by atoms with E-state index in [1.807, 2.05) is 0 Å². The molecule has 0 unspecified atom stereocenters. The maximum Gasteiger partial charge on any atom is 0.418 e. The minimum absolute atomic E-state index is 0.0302. The molecule has 3 rings (SSSR count). The fourth-order valence-corrected chi connectivity index (χ4v) is 3.44. The van der Waals surface area contributed by atoms with E-state index in [0.29, 0.717) is 11.1 Å². The van der Waals surface area contributed by atoms with E-state index in [1.54, 1.807) is 0 Å². The Morgan fingerprint density at radius 3 is 2.63 bits per heavy atom. The third-order valence-electron chi connectivity index (χ3n) is 4.26. The van der Waals surface area contributed by atoms with E-state index in [1.165, 1.54) is 0 Å². The molecule has 27 heavy (non-hydrogen) atoms. The van der Waals surface area contributed by atoms with Crippen LogP contribution < -0.4 is 5.32 Å². The molecule has 2 heterocycles. The molecule has 2 atom stereocenters. The molecule has 0 radical (unpaired) electrons. The summed E-state index contributed by atoms with van der Waals surface area (Å²) in [6, 6.07) is 0.0986. The van der Waals surface area contributed by atoms with Gasteiger partial charge in [-0.05, 0) is 31.0 Å².